The van der Waals surface area contributed by atoms with Crippen molar-refractivity contribution in [2.45, 2.75) is 62.7 Å². The summed E-state index contributed by atoms with van der Waals surface area (Å²) in [4.78, 5) is 30.7. The molecular weight excluding hydrogens is 360 g/mol. The molecule has 0 radical (unpaired) electrons. The Bertz CT molecular complexity index is 710. The van der Waals surface area contributed by atoms with Gasteiger partial charge in [0, 0.05) is 10.8 Å². The third-order valence-electron chi connectivity index (χ3n) is 5.92. The number of hydroxylamine groups is 1. The van der Waals surface area contributed by atoms with Crippen LogP contribution in [0.3, 0.4) is 0 Å². The van der Waals surface area contributed by atoms with Gasteiger partial charge in [-0.1, -0.05) is 57.1 Å². The van der Waals surface area contributed by atoms with Gasteiger partial charge in [0.25, 0.3) is 5.91 Å². The predicted octanol–water partition coefficient (Wildman–Crippen LogP) is 4.83. The Balaban J connectivity index is 1.60. The van der Waals surface area contributed by atoms with Crippen molar-refractivity contribution in [1.82, 2.24) is 5.48 Å². The van der Waals surface area contributed by atoms with Gasteiger partial charge >= 0.3 is 5.97 Å². The SMILES string of the molecule is N#CSc1ccccc1C(=O)ONC(=O)C1CCCCC1C1CCCCC1. The molecular formula is C21H26N2O3S. The number of rotatable bonds is 4. The monoisotopic (exact) mass is 386 g/mol. The molecule has 0 heterocycles. The van der Waals surface area contributed by atoms with Gasteiger partial charge in [-0.05, 0) is 48.6 Å². The number of nitriles is 1. The van der Waals surface area contributed by atoms with Crippen LogP contribution in [0.4, 0.5) is 0 Å². The van der Waals surface area contributed by atoms with E-state index < -0.39 is 5.97 Å². The fourth-order valence-electron chi connectivity index (χ4n) is 4.61. The van der Waals surface area contributed by atoms with E-state index in [1.807, 2.05) is 5.40 Å². The highest BCUT2D eigenvalue weighted by Gasteiger charge is 2.37. The molecule has 5 nitrogen and oxygen atoms in total. The lowest BCUT2D eigenvalue weighted by Gasteiger charge is -2.38. The van der Waals surface area contributed by atoms with E-state index in [0.717, 1.165) is 31.0 Å². The van der Waals surface area contributed by atoms with E-state index in [0.29, 0.717) is 16.7 Å². The standard InChI is InChI=1S/C21H26N2O3S/c22-14-27-19-13-7-6-12-18(19)21(25)26-23-20(24)17-11-5-4-10-16(17)15-8-2-1-3-9-15/h6-7,12-13,15-17H,1-5,8-11H2,(H,23,24). The van der Waals surface area contributed by atoms with Crippen LogP contribution in [-0.2, 0) is 9.63 Å². The quantitative estimate of drug-likeness (QED) is 0.455. The molecule has 1 N–H and O–H groups in total. The number of benzene rings is 1. The average molecular weight is 387 g/mol. The van der Waals surface area contributed by atoms with Gasteiger partial charge in [0.1, 0.15) is 5.40 Å². The van der Waals surface area contributed by atoms with Crippen molar-refractivity contribution in [2.24, 2.45) is 17.8 Å². The van der Waals surface area contributed by atoms with Crippen LogP contribution in [0, 0.1) is 28.4 Å². The van der Waals surface area contributed by atoms with Gasteiger partial charge < -0.3 is 4.84 Å². The summed E-state index contributed by atoms with van der Waals surface area (Å²) in [5.74, 6) is 0.145. The number of thioether (sulfide) groups is 1. The van der Waals surface area contributed by atoms with Gasteiger partial charge in [0.05, 0.1) is 5.56 Å². The highest BCUT2D eigenvalue weighted by atomic mass is 32.2. The molecule has 0 aliphatic heterocycles. The largest absolute Gasteiger partial charge is 0.364 e. The molecule has 2 aliphatic rings. The van der Waals surface area contributed by atoms with Crippen molar-refractivity contribution in [2.75, 3.05) is 0 Å². The molecule has 2 unspecified atom stereocenters. The van der Waals surface area contributed by atoms with Crippen molar-refractivity contribution in [3.8, 4) is 5.40 Å². The summed E-state index contributed by atoms with van der Waals surface area (Å²) >= 11 is 0.904. The van der Waals surface area contributed by atoms with E-state index in [1.165, 1.54) is 38.5 Å². The van der Waals surface area contributed by atoms with Crippen LogP contribution in [0.5, 0.6) is 0 Å². The van der Waals surface area contributed by atoms with Gasteiger partial charge in [-0.3, -0.25) is 4.79 Å². The molecule has 6 heteroatoms. The molecule has 0 saturated heterocycles. The van der Waals surface area contributed by atoms with Crippen molar-refractivity contribution >= 4 is 23.6 Å². The molecule has 27 heavy (non-hydrogen) atoms. The van der Waals surface area contributed by atoms with Crippen molar-refractivity contribution < 1.29 is 14.4 Å². The molecule has 2 fully saturated rings. The van der Waals surface area contributed by atoms with Crippen LogP contribution in [0.2, 0.25) is 0 Å². The summed E-state index contributed by atoms with van der Waals surface area (Å²) in [6, 6.07) is 6.75. The molecule has 1 aromatic rings. The number of nitrogens with one attached hydrogen (secondary N) is 1. The van der Waals surface area contributed by atoms with E-state index in [2.05, 4.69) is 5.48 Å². The van der Waals surface area contributed by atoms with Gasteiger partial charge in [-0.15, -0.1) is 0 Å². The van der Waals surface area contributed by atoms with E-state index in [9.17, 15) is 9.59 Å². The Morgan fingerprint density at radius 2 is 1.74 bits per heavy atom. The molecule has 2 atom stereocenters. The first kappa shape index (κ1) is 19.8. The Labute approximate surface area is 164 Å². The molecule has 0 aromatic heterocycles. The maximum Gasteiger partial charge on any atom is 0.364 e. The molecule has 1 amide bonds. The van der Waals surface area contributed by atoms with Crippen LogP contribution in [0.15, 0.2) is 29.2 Å². The first-order valence-corrected chi connectivity index (χ1v) is 10.7. The normalized spacial score (nSPS) is 23.2. The van der Waals surface area contributed by atoms with Crippen molar-refractivity contribution in [3.05, 3.63) is 29.8 Å². The lowest BCUT2D eigenvalue weighted by atomic mass is 9.68. The highest BCUT2D eigenvalue weighted by Crippen LogP contribution is 2.41. The summed E-state index contributed by atoms with van der Waals surface area (Å²) in [7, 11) is 0. The maximum atomic E-state index is 12.8. The van der Waals surface area contributed by atoms with Gasteiger partial charge in [0.15, 0.2) is 0 Å². The Morgan fingerprint density at radius 3 is 2.52 bits per heavy atom. The van der Waals surface area contributed by atoms with Crippen LogP contribution in [0.1, 0.15) is 68.1 Å². The van der Waals surface area contributed by atoms with Crippen molar-refractivity contribution in [1.29, 1.82) is 5.26 Å². The number of nitrogens with zero attached hydrogens (tertiary/aromatic N) is 1. The van der Waals surface area contributed by atoms with E-state index >= 15 is 0 Å². The number of thiocyanates is 1. The Kier molecular flexibility index (Phi) is 7.17. The predicted molar refractivity (Wildman–Crippen MR) is 103 cm³/mol. The third kappa shape index (κ3) is 5.04. The number of hydrogen-bond acceptors (Lipinski definition) is 5. The number of amides is 1. The molecule has 3 rings (SSSR count). The second-order valence-electron chi connectivity index (χ2n) is 7.50. The van der Waals surface area contributed by atoms with E-state index in [-0.39, 0.29) is 17.4 Å². The number of carbonyl (C=O) groups is 2. The minimum atomic E-state index is -0.633. The smallest absolute Gasteiger partial charge is 0.335 e. The van der Waals surface area contributed by atoms with Crippen LogP contribution in [0.25, 0.3) is 0 Å². The zero-order chi connectivity index (χ0) is 19.1. The minimum Gasteiger partial charge on any atom is -0.335 e. The fourth-order valence-corrected chi connectivity index (χ4v) is 5.12. The molecule has 0 bridgehead atoms. The summed E-state index contributed by atoms with van der Waals surface area (Å²) in [5.41, 5.74) is 2.70. The Morgan fingerprint density at radius 1 is 1.04 bits per heavy atom. The van der Waals surface area contributed by atoms with Crippen LogP contribution in [-0.4, -0.2) is 11.9 Å². The summed E-state index contributed by atoms with van der Waals surface area (Å²) in [5, 5.41) is 10.8. The first-order valence-electron chi connectivity index (χ1n) is 9.86. The van der Waals surface area contributed by atoms with Crippen LogP contribution >= 0.6 is 11.8 Å². The number of carbonyl (C=O) groups excluding carboxylic acids is 2. The summed E-state index contributed by atoms with van der Waals surface area (Å²) < 4.78 is 0. The fraction of sp³-hybridized carbons (Fsp3) is 0.571. The molecule has 144 valence electrons. The Hall–Kier alpha value is -2.00. The second kappa shape index (κ2) is 9.80. The topological polar surface area (TPSA) is 79.2 Å². The third-order valence-corrected chi connectivity index (χ3v) is 6.59. The molecule has 2 aliphatic carbocycles. The lowest BCUT2D eigenvalue weighted by molar-refractivity contribution is -0.138. The maximum absolute atomic E-state index is 12.8. The summed E-state index contributed by atoms with van der Waals surface area (Å²) in [6.07, 6.45) is 10.5. The van der Waals surface area contributed by atoms with Gasteiger partial charge in [-0.25, -0.2) is 4.79 Å². The van der Waals surface area contributed by atoms with E-state index in [1.54, 1.807) is 24.3 Å². The molecule has 1 aromatic carbocycles. The van der Waals surface area contributed by atoms with Gasteiger partial charge in [0.2, 0.25) is 0 Å². The van der Waals surface area contributed by atoms with Gasteiger partial charge in [-0.2, -0.15) is 10.7 Å². The average Bonchev–Trinajstić information content (AvgIpc) is 2.73. The van der Waals surface area contributed by atoms with Crippen molar-refractivity contribution in [3.63, 3.8) is 0 Å². The second-order valence-corrected chi connectivity index (χ2v) is 8.32. The minimum absolute atomic E-state index is 0.0709. The zero-order valence-corrected chi connectivity index (χ0v) is 16.3. The summed E-state index contributed by atoms with van der Waals surface area (Å²) in [6.45, 7) is 0. The highest BCUT2D eigenvalue weighted by molar-refractivity contribution is 8.03. The molecule has 2 saturated carbocycles. The zero-order valence-electron chi connectivity index (χ0n) is 15.5. The molecule has 0 spiro atoms. The number of hydrogen-bond donors (Lipinski definition) is 1. The van der Waals surface area contributed by atoms with Crippen LogP contribution < -0.4 is 5.48 Å². The lowest BCUT2D eigenvalue weighted by Crippen LogP contribution is -2.40. The van der Waals surface area contributed by atoms with E-state index in [4.69, 9.17) is 10.1 Å². The first-order chi connectivity index (χ1) is 13.2.